The lowest BCUT2D eigenvalue weighted by atomic mass is 10.3. The molecule has 60 valence electrons. The molecule has 0 spiro atoms. The molecule has 1 aromatic rings. The lowest BCUT2D eigenvalue weighted by molar-refractivity contribution is 0.542. The van der Waals surface area contributed by atoms with Crippen LogP contribution in [0.4, 0.5) is 10.1 Å². The topological polar surface area (TPSA) is 52.2 Å². The van der Waals surface area contributed by atoms with Crippen LogP contribution < -0.4 is 4.72 Å². The molecule has 1 aromatic carbocycles. The van der Waals surface area contributed by atoms with Crippen molar-refractivity contribution in [2.24, 2.45) is 0 Å². The number of benzene rings is 1. The summed E-state index contributed by atoms with van der Waals surface area (Å²) in [5, 5.41) is 0. The first-order chi connectivity index (χ1) is 5.18. The molecule has 1 unspecified atom stereocenters. The van der Waals surface area contributed by atoms with Gasteiger partial charge in [-0.1, -0.05) is 0 Å². The van der Waals surface area contributed by atoms with Crippen LogP contribution in [0.15, 0.2) is 24.3 Å². The van der Waals surface area contributed by atoms with Gasteiger partial charge < -0.3 is 9.27 Å². The molecule has 0 radical (unpaired) electrons. The summed E-state index contributed by atoms with van der Waals surface area (Å²) in [4.78, 5) is 0. The first-order valence-electron chi connectivity index (χ1n) is 2.80. The van der Waals surface area contributed by atoms with E-state index in [-0.39, 0.29) is 0 Å². The average molecular weight is 174 g/mol. The van der Waals surface area contributed by atoms with E-state index in [0.29, 0.717) is 5.69 Å². The molecule has 0 aliphatic rings. The summed E-state index contributed by atoms with van der Waals surface area (Å²) in [6, 6.07) is 5.03. The van der Waals surface area contributed by atoms with Gasteiger partial charge in [-0.15, -0.1) is 0 Å². The molecule has 5 heteroatoms. The van der Waals surface area contributed by atoms with E-state index in [9.17, 15) is 13.2 Å². The summed E-state index contributed by atoms with van der Waals surface area (Å²) in [6.07, 6.45) is 0. The Morgan fingerprint density at radius 3 is 2.36 bits per heavy atom. The predicted octanol–water partition coefficient (Wildman–Crippen LogP) is 1.03. The SMILES string of the molecule is O=S([O-])Nc1ccc(F)cc1. The second-order valence-electron chi connectivity index (χ2n) is 1.84. The third-order valence-electron chi connectivity index (χ3n) is 1.05. The van der Waals surface area contributed by atoms with E-state index in [1.54, 1.807) is 0 Å². The van der Waals surface area contributed by atoms with E-state index in [1.807, 2.05) is 0 Å². The summed E-state index contributed by atoms with van der Waals surface area (Å²) in [7, 11) is 0. The standard InChI is InChI=1S/C6H6FNO2S/c7-5-1-3-6(4-2-5)8-11(9)10/h1-4,8H,(H,9,10)/p-1. The molecule has 0 saturated carbocycles. The van der Waals surface area contributed by atoms with Crippen molar-refractivity contribution in [3.8, 4) is 0 Å². The molecule has 0 amide bonds. The number of hydrogen-bond acceptors (Lipinski definition) is 2. The van der Waals surface area contributed by atoms with Gasteiger partial charge in [0, 0.05) is 17.0 Å². The fourth-order valence-corrected chi connectivity index (χ4v) is 0.943. The lowest BCUT2D eigenvalue weighted by Crippen LogP contribution is -2.01. The zero-order chi connectivity index (χ0) is 8.27. The van der Waals surface area contributed by atoms with Gasteiger partial charge in [-0.25, -0.2) is 4.39 Å². The molecule has 0 aliphatic heterocycles. The minimum Gasteiger partial charge on any atom is -0.755 e. The van der Waals surface area contributed by atoms with Crippen LogP contribution in [0.25, 0.3) is 0 Å². The van der Waals surface area contributed by atoms with Crippen molar-refractivity contribution >= 4 is 17.0 Å². The number of rotatable bonds is 2. The molecule has 1 N–H and O–H groups in total. The minimum absolute atomic E-state index is 0.347. The van der Waals surface area contributed by atoms with Crippen molar-refractivity contribution < 1.29 is 13.2 Å². The Labute approximate surface area is 65.7 Å². The van der Waals surface area contributed by atoms with Gasteiger partial charge in [0.15, 0.2) is 0 Å². The highest BCUT2D eigenvalue weighted by Gasteiger charge is 1.90. The second kappa shape index (κ2) is 3.45. The van der Waals surface area contributed by atoms with Crippen LogP contribution in [0.1, 0.15) is 0 Å². The summed E-state index contributed by atoms with van der Waals surface area (Å²) >= 11 is -2.35. The summed E-state index contributed by atoms with van der Waals surface area (Å²) in [6.45, 7) is 0. The van der Waals surface area contributed by atoms with Gasteiger partial charge in [-0.05, 0) is 24.3 Å². The molecular weight excluding hydrogens is 169 g/mol. The zero-order valence-corrected chi connectivity index (χ0v) is 6.23. The largest absolute Gasteiger partial charge is 0.755 e. The lowest BCUT2D eigenvalue weighted by Gasteiger charge is -2.07. The van der Waals surface area contributed by atoms with E-state index in [2.05, 4.69) is 4.72 Å². The van der Waals surface area contributed by atoms with Crippen molar-refractivity contribution in [3.05, 3.63) is 30.1 Å². The van der Waals surface area contributed by atoms with Crippen LogP contribution in [0, 0.1) is 5.82 Å². The molecule has 11 heavy (non-hydrogen) atoms. The average Bonchev–Trinajstić information content (AvgIpc) is 1.93. The van der Waals surface area contributed by atoms with Crippen molar-refractivity contribution in [1.29, 1.82) is 0 Å². The number of halogens is 1. The highest BCUT2D eigenvalue weighted by Crippen LogP contribution is 2.07. The molecule has 0 fully saturated rings. The van der Waals surface area contributed by atoms with Crippen LogP contribution in [0.2, 0.25) is 0 Å². The van der Waals surface area contributed by atoms with Crippen molar-refractivity contribution in [2.75, 3.05) is 4.72 Å². The Bertz CT molecular complexity index is 262. The van der Waals surface area contributed by atoms with Crippen LogP contribution in [0.5, 0.6) is 0 Å². The third kappa shape index (κ3) is 2.65. The van der Waals surface area contributed by atoms with E-state index in [1.165, 1.54) is 24.3 Å². The fraction of sp³-hybridized carbons (Fsp3) is 0. The third-order valence-corrected chi connectivity index (χ3v) is 1.45. The number of hydrogen-bond donors (Lipinski definition) is 1. The highest BCUT2D eigenvalue weighted by molar-refractivity contribution is 7.80. The highest BCUT2D eigenvalue weighted by atomic mass is 32.2. The van der Waals surface area contributed by atoms with E-state index < -0.39 is 17.1 Å². The Morgan fingerprint density at radius 1 is 1.36 bits per heavy atom. The van der Waals surface area contributed by atoms with Crippen LogP contribution in [0.3, 0.4) is 0 Å². The number of anilines is 1. The first-order valence-corrected chi connectivity index (χ1v) is 3.87. The quantitative estimate of drug-likeness (QED) is 0.681. The van der Waals surface area contributed by atoms with Gasteiger partial charge in [0.25, 0.3) is 0 Å². The summed E-state index contributed by atoms with van der Waals surface area (Å²) < 4.78 is 34.4. The maximum atomic E-state index is 12.2. The van der Waals surface area contributed by atoms with Crippen LogP contribution >= 0.6 is 0 Å². The van der Waals surface area contributed by atoms with E-state index in [0.717, 1.165) is 0 Å². The van der Waals surface area contributed by atoms with Crippen LogP contribution in [-0.4, -0.2) is 8.76 Å². The summed E-state index contributed by atoms with van der Waals surface area (Å²) in [5.74, 6) is -0.396. The number of nitrogens with one attached hydrogen (secondary N) is 1. The molecule has 0 saturated heterocycles. The van der Waals surface area contributed by atoms with Gasteiger partial charge in [0.05, 0.1) is 0 Å². The molecule has 0 aromatic heterocycles. The summed E-state index contributed by atoms with van der Waals surface area (Å²) in [5.41, 5.74) is 0.347. The molecule has 1 atom stereocenters. The Balaban J connectivity index is 2.74. The van der Waals surface area contributed by atoms with Gasteiger partial charge in [-0.2, -0.15) is 0 Å². The monoisotopic (exact) mass is 174 g/mol. The maximum absolute atomic E-state index is 12.2. The van der Waals surface area contributed by atoms with Gasteiger partial charge in [0.1, 0.15) is 5.82 Å². The minimum atomic E-state index is -2.35. The Kier molecular flexibility index (Phi) is 2.56. The zero-order valence-electron chi connectivity index (χ0n) is 5.41. The van der Waals surface area contributed by atoms with Gasteiger partial charge in [0.2, 0.25) is 0 Å². The molecule has 0 aliphatic carbocycles. The Hall–Kier alpha value is -0.940. The molecule has 1 rings (SSSR count). The van der Waals surface area contributed by atoms with Crippen LogP contribution in [-0.2, 0) is 11.3 Å². The van der Waals surface area contributed by atoms with Crippen molar-refractivity contribution in [2.45, 2.75) is 0 Å². The predicted molar refractivity (Wildman–Crippen MR) is 38.9 cm³/mol. The maximum Gasteiger partial charge on any atom is 0.123 e. The van der Waals surface area contributed by atoms with Gasteiger partial charge >= 0.3 is 0 Å². The smallest absolute Gasteiger partial charge is 0.123 e. The fourth-order valence-electron chi connectivity index (χ4n) is 0.614. The Morgan fingerprint density at radius 2 is 1.91 bits per heavy atom. The van der Waals surface area contributed by atoms with E-state index in [4.69, 9.17) is 0 Å². The first kappa shape index (κ1) is 8.16. The second-order valence-corrected chi connectivity index (χ2v) is 2.52. The normalized spacial score (nSPS) is 12.5. The molecule has 0 bridgehead atoms. The molecule has 3 nitrogen and oxygen atoms in total. The van der Waals surface area contributed by atoms with E-state index >= 15 is 0 Å². The van der Waals surface area contributed by atoms with Crippen molar-refractivity contribution in [3.63, 3.8) is 0 Å². The van der Waals surface area contributed by atoms with Gasteiger partial charge in [-0.3, -0.25) is 4.21 Å². The molecule has 0 heterocycles. The van der Waals surface area contributed by atoms with Crippen molar-refractivity contribution in [1.82, 2.24) is 0 Å². The molecular formula is C6H5FNO2S-.